The van der Waals surface area contributed by atoms with Crippen LogP contribution < -0.4 is 0 Å². The molecule has 2 rings (SSSR count). The maximum atomic E-state index is 12.5. The second-order valence-electron chi connectivity index (χ2n) is 5.45. The molecule has 9 heteroatoms. The van der Waals surface area contributed by atoms with Crippen LogP contribution in [0.2, 0.25) is 5.02 Å². The summed E-state index contributed by atoms with van der Waals surface area (Å²) in [5, 5.41) is 13.6. The molecule has 138 valence electrons. The Bertz CT molecular complexity index is 874. The van der Waals surface area contributed by atoms with E-state index in [-0.39, 0.29) is 35.9 Å². The van der Waals surface area contributed by atoms with Crippen LogP contribution in [0.4, 0.5) is 0 Å². The maximum Gasteiger partial charge on any atom is 0.356 e. The fourth-order valence-corrected chi connectivity index (χ4v) is 2.57. The lowest BCUT2D eigenvalue weighted by atomic mass is 10.1. The number of carboxylic acids is 1. The van der Waals surface area contributed by atoms with Crippen molar-refractivity contribution in [2.45, 2.75) is 20.1 Å². The number of aromatic carboxylic acids is 1. The van der Waals surface area contributed by atoms with Crippen LogP contribution in [0, 0.1) is 6.92 Å². The lowest BCUT2D eigenvalue weighted by molar-refractivity contribution is 0.0581. The molecule has 1 aromatic heterocycles. The average Bonchev–Trinajstić information content (AvgIpc) is 2.95. The summed E-state index contributed by atoms with van der Waals surface area (Å²) >= 11 is 6.03. The number of benzene rings is 1. The number of aryl methyl sites for hydroxylation is 1. The predicted molar refractivity (Wildman–Crippen MR) is 91.8 cm³/mol. The van der Waals surface area contributed by atoms with Crippen molar-refractivity contribution in [2.75, 3.05) is 14.2 Å². The third-order valence-corrected chi connectivity index (χ3v) is 4.11. The number of methoxy groups -OCH3 is 2. The fourth-order valence-electron chi connectivity index (χ4n) is 2.39. The van der Waals surface area contributed by atoms with Crippen LogP contribution in [0.5, 0.6) is 0 Å². The Morgan fingerprint density at radius 2 is 1.96 bits per heavy atom. The van der Waals surface area contributed by atoms with E-state index in [1.54, 1.807) is 19.1 Å². The first-order chi connectivity index (χ1) is 12.3. The molecule has 0 saturated carbocycles. The minimum Gasteiger partial charge on any atom is -0.476 e. The molecule has 0 bridgehead atoms. The SMILES string of the molecule is COCc1c(C(=O)O)nn(CC(=O)c2ccc(C)c(Cl)c2)c1C(=O)OC. The Morgan fingerprint density at radius 3 is 2.50 bits per heavy atom. The average molecular weight is 381 g/mol. The summed E-state index contributed by atoms with van der Waals surface area (Å²) in [6.07, 6.45) is 0. The standard InChI is InChI=1S/C17H17ClN2O6/c1-9-4-5-10(6-12(9)18)13(21)7-20-15(17(24)26-3)11(8-25-2)14(19-20)16(22)23/h4-6H,7-8H2,1-3H3,(H,22,23). The second kappa shape index (κ2) is 8.11. The fraction of sp³-hybridized carbons (Fsp3) is 0.294. The summed E-state index contributed by atoms with van der Waals surface area (Å²) in [5.41, 5.74) is 0.659. The van der Waals surface area contributed by atoms with E-state index < -0.39 is 11.9 Å². The van der Waals surface area contributed by atoms with Gasteiger partial charge in [-0.2, -0.15) is 5.10 Å². The van der Waals surface area contributed by atoms with Gasteiger partial charge in [0.15, 0.2) is 17.2 Å². The molecule has 0 aliphatic rings. The van der Waals surface area contributed by atoms with Gasteiger partial charge in [-0.05, 0) is 18.6 Å². The lowest BCUT2D eigenvalue weighted by Gasteiger charge is -2.08. The highest BCUT2D eigenvalue weighted by Crippen LogP contribution is 2.20. The summed E-state index contributed by atoms with van der Waals surface area (Å²) in [6.45, 7) is 1.28. The van der Waals surface area contributed by atoms with Crippen LogP contribution in [0.15, 0.2) is 18.2 Å². The van der Waals surface area contributed by atoms with Crippen molar-refractivity contribution in [1.82, 2.24) is 9.78 Å². The van der Waals surface area contributed by atoms with Crippen LogP contribution in [0.25, 0.3) is 0 Å². The number of carbonyl (C=O) groups excluding carboxylic acids is 2. The van der Waals surface area contributed by atoms with Gasteiger partial charge in [0.25, 0.3) is 0 Å². The van der Waals surface area contributed by atoms with Gasteiger partial charge in [0.1, 0.15) is 6.54 Å². The Labute approximate surface area is 154 Å². The number of rotatable bonds is 7. The molecule has 1 aromatic carbocycles. The Balaban J connectivity index is 2.48. The first-order valence-corrected chi connectivity index (χ1v) is 7.87. The normalized spacial score (nSPS) is 10.6. The molecule has 0 aliphatic carbocycles. The van der Waals surface area contributed by atoms with Gasteiger partial charge in [-0.3, -0.25) is 4.79 Å². The van der Waals surface area contributed by atoms with Crippen molar-refractivity contribution in [2.24, 2.45) is 0 Å². The van der Waals surface area contributed by atoms with Crippen molar-refractivity contribution in [1.29, 1.82) is 0 Å². The molecule has 26 heavy (non-hydrogen) atoms. The highest BCUT2D eigenvalue weighted by molar-refractivity contribution is 6.31. The molecular weight excluding hydrogens is 364 g/mol. The molecule has 0 saturated heterocycles. The number of esters is 1. The van der Waals surface area contributed by atoms with Gasteiger partial charge in [0.05, 0.1) is 13.7 Å². The monoisotopic (exact) mass is 380 g/mol. The molecule has 0 aliphatic heterocycles. The molecule has 0 spiro atoms. The molecule has 8 nitrogen and oxygen atoms in total. The third kappa shape index (κ3) is 3.92. The lowest BCUT2D eigenvalue weighted by Crippen LogP contribution is -2.19. The van der Waals surface area contributed by atoms with Gasteiger partial charge in [0.2, 0.25) is 0 Å². The summed E-state index contributed by atoms with van der Waals surface area (Å²) in [4.78, 5) is 36.1. The highest BCUT2D eigenvalue weighted by atomic mass is 35.5. The molecule has 1 heterocycles. The Hall–Kier alpha value is -2.71. The van der Waals surface area contributed by atoms with Crippen LogP contribution >= 0.6 is 11.6 Å². The largest absolute Gasteiger partial charge is 0.476 e. The van der Waals surface area contributed by atoms with E-state index in [0.29, 0.717) is 10.6 Å². The van der Waals surface area contributed by atoms with E-state index in [2.05, 4.69) is 5.10 Å². The van der Waals surface area contributed by atoms with Crippen LogP contribution in [0.1, 0.15) is 42.5 Å². The van der Waals surface area contributed by atoms with Crippen molar-refractivity contribution in [3.05, 3.63) is 51.3 Å². The highest BCUT2D eigenvalue weighted by Gasteiger charge is 2.28. The van der Waals surface area contributed by atoms with Crippen LogP contribution in [-0.4, -0.2) is 46.8 Å². The van der Waals surface area contributed by atoms with Crippen LogP contribution in [-0.2, 0) is 22.6 Å². The van der Waals surface area contributed by atoms with E-state index in [0.717, 1.165) is 17.4 Å². The quantitative estimate of drug-likeness (QED) is 0.580. The zero-order valence-electron chi connectivity index (χ0n) is 14.4. The van der Waals surface area contributed by atoms with Gasteiger partial charge in [-0.1, -0.05) is 23.7 Å². The number of Topliss-reactive ketones (excluding diaryl/α,β-unsaturated/α-hetero) is 1. The number of carbonyl (C=O) groups is 3. The Kier molecular flexibility index (Phi) is 6.12. The minimum absolute atomic E-state index is 0.0431. The van der Waals surface area contributed by atoms with E-state index in [1.807, 2.05) is 0 Å². The minimum atomic E-state index is -1.34. The van der Waals surface area contributed by atoms with Crippen molar-refractivity contribution >= 4 is 29.3 Å². The summed E-state index contributed by atoms with van der Waals surface area (Å²) in [5.74, 6) is -2.54. The number of ether oxygens (including phenoxy) is 2. The van der Waals surface area contributed by atoms with Crippen LogP contribution in [0.3, 0.4) is 0 Å². The smallest absolute Gasteiger partial charge is 0.356 e. The van der Waals surface area contributed by atoms with E-state index >= 15 is 0 Å². The predicted octanol–water partition coefficient (Wildman–Crippen LogP) is 2.36. The summed E-state index contributed by atoms with van der Waals surface area (Å²) in [7, 11) is 2.50. The van der Waals surface area contributed by atoms with Gasteiger partial charge >= 0.3 is 11.9 Å². The molecule has 0 amide bonds. The van der Waals surface area contributed by atoms with Gasteiger partial charge in [-0.15, -0.1) is 0 Å². The number of hydrogen-bond donors (Lipinski definition) is 1. The van der Waals surface area contributed by atoms with Crippen molar-refractivity contribution < 1.29 is 29.0 Å². The first-order valence-electron chi connectivity index (χ1n) is 7.49. The van der Waals surface area contributed by atoms with Gasteiger partial charge < -0.3 is 14.6 Å². The number of nitrogens with zero attached hydrogens (tertiary/aromatic N) is 2. The molecule has 0 fully saturated rings. The molecule has 2 aromatic rings. The zero-order chi connectivity index (χ0) is 19.4. The molecule has 0 unspecified atom stereocenters. The van der Waals surface area contributed by atoms with Crippen molar-refractivity contribution in [3.63, 3.8) is 0 Å². The summed E-state index contributed by atoms with van der Waals surface area (Å²) in [6, 6.07) is 4.80. The zero-order valence-corrected chi connectivity index (χ0v) is 15.2. The van der Waals surface area contributed by atoms with E-state index in [4.69, 9.17) is 21.1 Å². The van der Waals surface area contributed by atoms with E-state index in [1.165, 1.54) is 13.2 Å². The molecular formula is C17H17ClN2O6. The number of halogens is 1. The number of ketones is 1. The molecule has 1 N–H and O–H groups in total. The Morgan fingerprint density at radius 1 is 1.27 bits per heavy atom. The van der Waals surface area contributed by atoms with Gasteiger partial charge in [-0.25, -0.2) is 14.3 Å². The third-order valence-electron chi connectivity index (χ3n) is 3.71. The first kappa shape index (κ1) is 19.6. The van der Waals surface area contributed by atoms with E-state index in [9.17, 15) is 19.5 Å². The number of carboxylic acid groups (broad SMARTS) is 1. The topological polar surface area (TPSA) is 108 Å². The number of hydrogen-bond acceptors (Lipinski definition) is 6. The molecule has 0 atom stereocenters. The maximum absolute atomic E-state index is 12.5. The van der Waals surface area contributed by atoms with Gasteiger partial charge in [0, 0.05) is 23.3 Å². The number of aromatic nitrogens is 2. The second-order valence-corrected chi connectivity index (χ2v) is 5.86. The summed E-state index contributed by atoms with van der Waals surface area (Å²) < 4.78 is 10.7. The molecule has 0 radical (unpaired) electrons. The van der Waals surface area contributed by atoms with Crippen molar-refractivity contribution in [3.8, 4) is 0 Å².